The average molecular weight is 258 g/mol. The van der Waals surface area contributed by atoms with Crippen LogP contribution in [0, 0.1) is 22.7 Å². The van der Waals surface area contributed by atoms with E-state index in [2.05, 4.69) is 5.32 Å². The molecule has 1 amide bonds. The van der Waals surface area contributed by atoms with Crippen LogP contribution in [-0.4, -0.2) is 32.4 Å². The van der Waals surface area contributed by atoms with Gasteiger partial charge in [-0.2, -0.15) is 5.26 Å². The Morgan fingerprint density at radius 2 is 2.24 bits per heavy atom. The molecule has 5 nitrogen and oxygen atoms in total. The average Bonchev–Trinajstić information content (AvgIpc) is 2.64. The van der Waals surface area contributed by atoms with Gasteiger partial charge in [0.1, 0.15) is 5.41 Å². The molecule has 0 aromatic carbocycles. The maximum atomic E-state index is 11.8. The van der Waals surface area contributed by atoms with E-state index in [0.29, 0.717) is 19.4 Å². The van der Waals surface area contributed by atoms with Crippen LogP contribution < -0.4 is 5.32 Å². The summed E-state index contributed by atoms with van der Waals surface area (Å²) >= 11 is 0. The molecule has 0 aromatic rings. The van der Waals surface area contributed by atoms with Crippen molar-refractivity contribution in [1.82, 2.24) is 5.32 Å². The van der Waals surface area contributed by atoms with Crippen LogP contribution in [0.2, 0.25) is 0 Å². The standard InChI is InChI=1S/C11H18N2O3S/c1-3-11(2,8-12)10(14)13-6-9-4-5-17(15,16)7-9/h9H,3-7H2,1-2H3,(H,13,14). The van der Waals surface area contributed by atoms with Gasteiger partial charge in [-0.1, -0.05) is 6.92 Å². The van der Waals surface area contributed by atoms with E-state index in [1.165, 1.54) is 0 Å². The van der Waals surface area contributed by atoms with Crippen LogP contribution in [0.1, 0.15) is 26.7 Å². The number of hydrogen-bond donors (Lipinski definition) is 1. The van der Waals surface area contributed by atoms with Crippen LogP contribution >= 0.6 is 0 Å². The highest BCUT2D eigenvalue weighted by atomic mass is 32.2. The molecule has 0 aliphatic carbocycles. The Morgan fingerprint density at radius 3 is 2.65 bits per heavy atom. The molecule has 17 heavy (non-hydrogen) atoms. The summed E-state index contributed by atoms with van der Waals surface area (Å²) in [5.74, 6) is 0.0232. The smallest absolute Gasteiger partial charge is 0.240 e. The second kappa shape index (κ2) is 5.05. The Bertz CT molecular complexity index is 438. The van der Waals surface area contributed by atoms with E-state index < -0.39 is 15.3 Å². The minimum atomic E-state index is -2.91. The molecule has 0 radical (unpaired) electrons. The van der Waals surface area contributed by atoms with E-state index in [4.69, 9.17) is 5.26 Å². The van der Waals surface area contributed by atoms with Gasteiger partial charge in [0, 0.05) is 6.54 Å². The second-order valence-electron chi connectivity index (χ2n) is 4.78. The molecular formula is C11H18N2O3S. The van der Waals surface area contributed by atoms with Crippen LogP contribution in [0.25, 0.3) is 0 Å². The summed E-state index contributed by atoms with van der Waals surface area (Å²) in [5.41, 5.74) is -1.02. The lowest BCUT2D eigenvalue weighted by Gasteiger charge is -2.19. The van der Waals surface area contributed by atoms with Crippen molar-refractivity contribution < 1.29 is 13.2 Å². The molecule has 6 heteroatoms. The van der Waals surface area contributed by atoms with E-state index in [1.54, 1.807) is 13.8 Å². The van der Waals surface area contributed by atoms with Gasteiger partial charge >= 0.3 is 0 Å². The Morgan fingerprint density at radius 1 is 1.59 bits per heavy atom. The number of hydrogen-bond acceptors (Lipinski definition) is 4. The van der Waals surface area contributed by atoms with Gasteiger partial charge in [0.15, 0.2) is 9.84 Å². The molecule has 0 bridgehead atoms. The molecule has 1 rings (SSSR count). The van der Waals surface area contributed by atoms with E-state index in [1.807, 2.05) is 6.07 Å². The Balaban J connectivity index is 2.48. The number of nitrogens with zero attached hydrogens (tertiary/aromatic N) is 1. The summed E-state index contributed by atoms with van der Waals surface area (Å²) in [7, 11) is -2.91. The van der Waals surface area contributed by atoms with Crippen molar-refractivity contribution in [2.75, 3.05) is 18.1 Å². The van der Waals surface area contributed by atoms with Crippen molar-refractivity contribution in [1.29, 1.82) is 5.26 Å². The molecule has 1 aliphatic heterocycles. The molecule has 1 heterocycles. The first-order valence-electron chi connectivity index (χ1n) is 5.73. The third-order valence-corrected chi connectivity index (χ3v) is 5.17. The number of carbonyl (C=O) groups excluding carboxylic acids is 1. The van der Waals surface area contributed by atoms with Gasteiger partial charge in [-0.25, -0.2) is 8.42 Å². The molecule has 0 spiro atoms. The Kier molecular flexibility index (Phi) is 4.15. The van der Waals surface area contributed by atoms with Crippen LogP contribution in [0.4, 0.5) is 0 Å². The minimum absolute atomic E-state index is 0.0104. The fraction of sp³-hybridized carbons (Fsp3) is 0.818. The van der Waals surface area contributed by atoms with Crippen molar-refractivity contribution in [3.05, 3.63) is 0 Å². The summed E-state index contributed by atoms with van der Waals surface area (Å²) in [6.45, 7) is 3.71. The number of carbonyl (C=O) groups is 1. The number of rotatable bonds is 4. The van der Waals surface area contributed by atoms with Crippen molar-refractivity contribution in [2.45, 2.75) is 26.7 Å². The highest BCUT2D eigenvalue weighted by molar-refractivity contribution is 7.91. The molecule has 1 aliphatic rings. The summed E-state index contributed by atoms with van der Waals surface area (Å²) in [4.78, 5) is 11.8. The van der Waals surface area contributed by atoms with Gasteiger partial charge in [-0.15, -0.1) is 0 Å². The molecule has 2 atom stereocenters. The lowest BCUT2D eigenvalue weighted by Crippen LogP contribution is -2.40. The third kappa shape index (κ3) is 3.43. The molecule has 0 aromatic heterocycles. The van der Waals surface area contributed by atoms with Gasteiger partial charge in [0.25, 0.3) is 0 Å². The minimum Gasteiger partial charge on any atom is -0.354 e. The zero-order valence-electron chi connectivity index (χ0n) is 10.2. The van der Waals surface area contributed by atoms with E-state index in [9.17, 15) is 13.2 Å². The highest BCUT2D eigenvalue weighted by Crippen LogP contribution is 2.21. The first-order chi connectivity index (χ1) is 7.83. The van der Waals surface area contributed by atoms with E-state index in [-0.39, 0.29) is 23.3 Å². The summed E-state index contributed by atoms with van der Waals surface area (Å²) < 4.78 is 22.5. The Hall–Kier alpha value is -1.09. The van der Waals surface area contributed by atoms with Crippen molar-refractivity contribution in [3.8, 4) is 6.07 Å². The van der Waals surface area contributed by atoms with Gasteiger partial charge in [-0.05, 0) is 25.7 Å². The maximum absolute atomic E-state index is 11.8. The zero-order valence-corrected chi connectivity index (χ0v) is 11.0. The van der Waals surface area contributed by atoms with Crippen LogP contribution in [0.5, 0.6) is 0 Å². The highest BCUT2D eigenvalue weighted by Gasteiger charge is 2.33. The first kappa shape index (κ1) is 14.0. The molecule has 1 fully saturated rings. The van der Waals surface area contributed by atoms with Crippen molar-refractivity contribution >= 4 is 15.7 Å². The zero-order chi connectivity index (χ0) is 13.1. The normalized spacial score (nSPS) is 25.8. The molecular weight excluding hydrogens is 240 g/mol. The predicted octanol–water partition coefficient (Wildman–Crippen LogP) is 0.477. The second-order valence-corrected chi connectivity index (χ2v) is 7.01. The Labute approximate surface area is 102 Å². The van der Waals surface area contributed by atoms with E-state index >= 15 is 0 Å². The van der Waals surface area contributed by atoms with Gasteiger partial charge in [0.2, 0.25) is 5.91 Å². The molecule has 1 saturated heterocycles. The van der Waals surface area contributed by atoms with Crippen LogP contribution in [0.3, 0.4) is 0 Å². The lowest BCUT2D eigenvalue weighted by atomic mass is 9.88. The fourth-order valence-corrected chi connectivity index (χ4v) is 3.62. The molecule has 0 saturated carbocycles. The summed E-state index contributed by atoms with van der Waals surface area (Å²) in [6.07, 6.45) is 1.04. The van der Waals surface area contributed by atoms with E-state index in [0.717, 1.165) is 0 Å². The fourth-order valence-electron chi connectivity index (χ4n) is 1.76. The van der Waals surface area contributed by atoms with Gasteiger partial charge in [0.05, 0.1) is 17.6 Å². The van der Waals surface area contributed by atoms with Gasteiger partial charge < -0.3 is 5.32 Å². The summed E-state index contributed by atoms with van der Waals surface area (Å²) in [5, 5.41) is 11.6. The quantitative estimate of drug-likeness (QED) is 0.794. The van der Waals surface area contributed by atoms with Crippen molar-refractivity contribution in [3.63, 3.8) is 0 Å². The molecule has 1 N–H and O–H groups in total. The van der Waals surface area contributed by atoms with Gasteiger partial charge in [-0.3, -0.25) is 4.79 Å². The molecule has 2 unspecified atom stereocenters. The third-order valence-electron chi connectivity index (χ3n) is 3.33. The maximum Gasteiger partial charge on any atom is 0.240 e. The predicted molar refractivity (Wildman–Crippen MR) is 63.8 cm³/mol. The largest absolute Gasteiger partial charge is 0.354 e. The monoisotopic (exact) mass is 258 g/mol. The lowest BCUT2D eigenvalue weighted by molar-refractivity contribution is -0.127. The number of amides is 1. The first-order valence-corrected chi connectivity index (χ1v) is 7.55. The van der Waals surface area contributed by atoms with Crippen molar-refractivity contribution in [2.24, 2.45) is 11.3 Å². The SMILES string of the molecule is CCC(C)(C#N)C(=O)NCC1CCS(=O)(=O)C1. The number of nitriles is 1. The topological polar surface area (TPSA) is 87.0 Å². The molecule has 96 valence electrons. The number of sulfone groups is 1. The van der Waals surface area contributed by atoms with Crippen LogP contribution in [0.15, 0.2) is 0 Å². The van der Waals surface area contributed by atoms with Crippen LogP contribution in [-0.2, 0) is 14.6 Å². The summed E-state index contributed by atoms with van der Waals surface area (Å²) in [6, 6.07) is 1.99. The number of nitrogens with one attached hydrogen (secondary N) is 1.